The fraction of sp³-hybridized carbons (Fsp3) is 0.263. The van der Waals surface area contributed by atoms with Crippen molar-refractivity contribution in [2.45, 2.75) is 24.3 Å². The van der Waals surface area contributed by atoms with Gasteiger partial charge in [-0.2, -0.15) is 0 Å². The largest absolute Gasteiger partial charge is 0.331 e. The second-order valence-corrected chi connectivity index (χ2v) is 7.18. The zero-order valence-corrected chi connectivity index (χ0v) is 15.4. The van der Waals surface area contributed by atoms with Gasteiger partial charge in [-0.3, -0.25) is 4.79 Å². The van der Waals surface area contributed by atoms with E-state index >= 15 is 0 Å². The van der Waals surface area contributed by atoms with Gasteiger partial charge in [-0.05, 0) is 42.3 Å². The average Bonchev–Trinajstić information content (AvgIpc) is 2.62. The Bertz CT molecular complexity index is 826. The Kier molecular flexibility index (Phi) is 5.46. The molecule has 2 aromatic rings. The van der Waals surface area contributed by atoms with Crippen molar-refractivity contribution < 1.29 is 14.0 Å². The van der Waals surface area contributed by atoms with Crippen LogP contribution in [0.3, 0.4) is 0 Å². The zero-order valence-electron chi connectivity index (χ0n) is 14.6. The Labute approximate surface area is 156 Å². The minimum atomic E-state index is -0.343. The van der Waals surface area contributed by atoms with Crippen molar-refractivity contribution >= 4 is 35.1 Å². The van der Waals surface area contributed by atoms with Crippen LogP contribution in [0.15, 0.2) is 47.4 Å². The molecule has 1 aliphatic rings. The molecule has 0 spiro atoms. The lowest BCUT2D eigenvalue weighted by molar-refractivity contribution is -0.116. The summed E-state index contributed by atoms with van der Waals surface area (Å²) in [5.74, 6) is 0.444. The molecule has 0 saturated heterocycles. The molecule has 2 aromatic carbocycles. The van der Waals surface area contributed by atoms with Crippen LogP contribution in [0.2, 0.25) is 0 Å². The van der Waals surface area contributed by atoms with Gasteiger partial charge in [0.1, 0.15) is 5.82 Å². The summed E-state index contributed by atoms with van der Waals surface area (Å²) in [6.45, 7) is 1.49. The highest BCUT2D eigenvalue weighted by molar-refractivity contribution is 7.99. The number of carbonyl (C=O) groups excluding carboxylic acids is 2. The molecule has 1 atom stereocenters. The number of nitrogens with one attached hydrogen (secondary N) is 2. The van der Waals surface area contributed by atoms with E-state index in [0.29, 0.717) is 10.6 Å². The third-order valence-corrected chi connectivity index (χ3v) is 5.48. The van der Waals surface area contributed by atoms with Crippen LogP contribution >= 0.6 is 11.8 Å². The molecule has 3 amide bonds. The first-order chi connectivity index (χ1) is 12.5. The van der Waals surface area contributed by atoms with Crippen molar-refractivity contribution in [2.75, 3.05) is 23.0 Å². The van der Waals surface area contributed by atoms with Gasteiger partial charge in [0, 0.05) is 36.0 Å². The van der Waals surface area contributed by atoms with Gasteiger partial charge in [0.15, 0.2) is 0 Å². The molecule has 0 fully saturated rings. The van der Waals surface area contributed by atoms with E-state index in [1.54, 1.807) is 37.4 Å². The number of benzene rings is 2. The number of amides is 3. The summed E-state index contributed by atoms with van der Waals surface area (Å²) < 4.78 is 13.9. The van der Waals surface area contributed by atoms with Crippen LogP contribution in [-0.4, -0.2) is 24.7 Å². The van der Waals surface area contributed by atoms with E-state index in [9.17, 15) is 14.0 Å². The van der Waals surface area contributed by atoms with Crippen molar-refractivity contribution in [3.63, 3.8) is 0 Å². The lowest BCUT2D eigenvalue weighted by atomic mass is 10.0. The molecule has 2 N–H and O–H groups in total. The van der Waals surface area contributed by atoms with Crippen molar-refractivity contribution in [3.05, 3.63) is 53.8 Å². The van der Waals surface area contributed by atoms with Crippen LogP contribution in [0, 0.1) is 5.82 Å². The molecule has 0 saturated carbocycles. The molecule has 0 aromatic heterocycles. The minimum Gasteiger partial charge on any atom is -0.331 e. The molecule has 5 nitrogen and oxygen atoms in total. The van der Waals surface area contributed by atoms with Crippen LogP contribution in [0.25, 0.3) is 0 Å². The predicted molar refractivity (Wildman–Crippen MR) is 102 cm³/mol. The predicted octanol–water partition coefficient (Wildman–Crippen LogP) is 4.17. The van der Waals surface area contributed by atoms with Gasteiger partial charge >= 0.3 is 6.03 Å². The SMILES string of the molecule is CC(=O)N(C)c1ccc(NC(=O)NC2CCSc3c(F)cccc32)cc1. The Morgan fingerprint density at radius 3 is 2.62 bits per heavy atom. The maximum atomic E-state index is 13.9. The number of hydrogen-bond acceptors (Lipinski definition) is 3. The van der Waals surface area contributed by atoms with E-state index in [2.05, 4.69) is 10.6 Å². The summed E-state index contributed by atoms with van der Waals surface area (Å²) in [7, 11) is 1.69. The topological polar surface area (TPSA) is 61.4 Å². The summed E-state index contributed by atoms with van der Waals surface area (Å²) in [5.41, 5.74) is 2.18. The average molecular weight is 373 g/mol. The third kappa shape index (κ3) is 3.99. The molecule has 7 heteroatoms. The second kappa shape index (κ2) is 7.78. The number of urea groups is 1. The lowest BCUT2D eigenvalue weighted by Gasteiger charge is -2.26. The monoisotopic (exact) mass is 373 g/mol. The summed E-state index contributed by atoms with van der Waals surface area (Å²) in [4.78, 5) is 25.8. The van der Waals surface area contributed by atoms with E-state index in [1.807, 2.05) is 6.07 Å². The first kappa shape index (κ1) is 18.3. The molecule has 1 aliphatic heterocycles. The minimum absolute atomic E-state index is 0.0653. The molecule has 0 aliphatic carbocycles. The van der Waals surface area contributed by atoms with Gasteiger partial charge in [0.2, 0.25) is 5.91 Å². The van der Waals surface area contributed by atoms with Gasteiger partial charge in [0.25, 0.3) is 0 Å². The number of hydrogen-bond donors (Lipinski definition) is 2. The number of anilines is 2. The smallest absolute Gasteiger partial charge is 0.319 e. The number of nitrogens with zero attached hydrogens (tertiary/aromatic N) is 1. The zero-order chi connectivity index (χ0) is 18.7. The van der Waals surface area contributed by atoms with E-state index in [0.717, 1.165) is 23.4 Å². The molecule has 1 heterocycles. The van der Waals surface area contributed by atoms with E-state index < -0.39 is 0 Å². The standard InChI is InChI=1S/C19H20FN3O2S/c1-12(24)23(2)14-8-6-13(7-9-14)21-19(25)22-17-10-11-26-18-15(17)4-3-5-16(18)20/h3-9,17H,10-11H2,1-2H3,(H2,21,22,25). The fourth-order valence-corrected chi connectivity index (χ4v) is 3.95. The summed E-state index contributed by atoms with van der Waals surface area (Å²) in [5, 5.41) is 5.69. The van der Waals surface area contributed by atoms with Crippen LogP contribution in [0.1, 0.15) is 24.9 Å². The molecule has 26 heavy (non-hydrogen) atoms. The molecule has 1 unspecified atom stereocenters. The summed E-state index contributed by atoms with van der Waals surface area (Å²) in [6.07, 6.45) is 0.747. The first-order valence-electron chi connectivity index (χ1n) is 8.29. The molecular formula is C19H20FN3O2S. The van der Waals surface area contributed by atoms with Crippen LogP contribution in [-0.2, 0) is 4.79 Å². The van der Waals surface area contributed by atoms with Crippen molar-refractivity contribution in [1.29, 1.82) is 0 Å². The van der Waals surface area contributed by atoms with E-state index in [-0.39, 0.29) is 23.8 Å². The highest BCUT2D eigenvalue weighted by atomic mass is 32.2. The Morgan fingerprint density at radius 1 is 1.19 bits per heavy atom. The first-order valence-corrected chi connectivity index (χ1v) is 9.27. The van der Waals surface area contributed by atoms with E-state index in [1.165, 1.54) is 29.7 Å². The molecule has 3 rings (SSSR count). The number of rotatable bonds is 3. The highest BCUT2D eigenvalue weighted by Gasteiger charge is 2.24. The summed E-state index contributed by atoms with van der Waals surface area (Å²) >= 11 is 1.48. The number of halogens is 1. The van der Waals surface area contributed by atoms with Crippen LogP contribution in [0.4, 0.5) is 20.6 Å². The summed E-state index contributed by atoms with van der Waals surface area (Å²) in [6, 6.07) is 11.4. The Balaban J connectivity index is 1.65. The number of thioether (sulfide) groups is 1. The number of carbonyl (C=O) groups is 2. The van der Waals surface area contributed by atoms with Gasteiger partial charge in [-0.1, -0.05) is 12.1 Å². The van der Waals surface area contributed by atoms with Gasteiger partial charge in [-0.15, -0.1) is 11.8 Å². The molecular weight excluding hydrogens is 353 g/mol. The normalized spacial score (nSPS) is 15.7. The highest BCUT2D eigenvalue weighted by Crippen LogP contribution is 2.37. The lowest BCUT2D eigenvalue weighted by Crippen LogP contribution is -2.34. The van der Waals surface area contributed by atoms with Crippen molar-refractivity contribution in [1.82, 2.24) is 5.32 Å². The third-order valence-electron chi connectivity index (χ3n) is 4.32. The second-order valence-electron chi connectivity index (χ2n) is 6.07. The van der Waals surface area contributed by atoms with Crippen LogP contribution < -0.4 is 15.5 Å². The molecule has 0 bridgehead atoms. The quantitative estimate of drug-likeness (QED) is 0.849. The van der Waals surface area contributed by atoms with E-state index in [4.69, 9.17) is 0 Å². The maximum Gasteiger partial charge on any atom is 0.319 e. The van der Waals surface area contributed by atoms with Gasteiger partial charge < -0.3 is 15.5 Å². The molecule has 0 radical (unpaired) electrons. The fourth-order valence-electron chi connectivity index (χ4n) is 2.81. The molecule has 136 valence electrons. The maximum absolute atomic E-state index is 13.9. The number of fused-ring (bicyclic) bond motifs is 1. The van der Waals surface area contributed by atoms with Crippen molar-refractivity contribution in [2.24, 2.45) is 0 Å². The van der Waals surface area contributed by atoms with Crippen molar-refractivity contribution in [3.8, 4) is 0 Å². The Hall–Kier alpha value is -2.54. The van der Waals surface area contributed by atoms with Gasteiger partial charge in [-0.25, -0.2) is 9.18 Å². The Morgan fingerprint density at radius 2 is 1.92 bits per heavy atom. The van der Waals surface area contributed by atoms with Gasteiger partial charge in [0.05, 0.1) is 6.04 Å². The van der Waals surface area contributed by atoms with Crippen LogP contribution in [0.5, 0.6) is 0 Å².